The summed E-state index contributed by atoms with van der Waals surface area (Å²) in [5.41, 5.74) is 7.08. The normalized spacial score (nSPS) is 16.1. The van der Waals surface area contributed by atoms with Crippen LogP contribution in [0.15, 0.2) is 48.5 Å². The zero-order valence-electron chi connectivity index (χ0n) is 13.3. The Morgan fingerprint density at radius 2 is 1.87 bits per heavy atom. The van der Waals surface area contributed by atoms with Crippen molar-refractivity contribution in [3.05, 3.63) is 59.9 Å². The van der Waals surface area contributed by atoms with Crippen LogP contribution in [0.3, 0.4) is 0 Å². The Morgan fingerprint density at radius 1 is 1.17 bits per heavy atom. The van der Waals surface area contributed by atoms with Gasteiger partial charge in [-0.3, -0.25) is 4.90 Å². The van der Waals surface area contributed by atoms with Gasteiger partial charge in [-0.1, -0.05) is 36.4 Å². The lowest BCUT2D eigenvalue weighted by molar-refractivity contribution is 0.251. The molecule has 4 nitrogen and oxygen atoms in total. The van der Waals surface area contributed by atoms with Gasteiger partial charge in [0.15, 0.2) is 0 Å². The number of primary amides is 1. The molecule has 2 amide bonds. The van der Waals surface area contributed by atoms with Crippen LogP contribution in [-0.4, -0.2) is 18.1 Å². The first-order chi connectivity index (χ1) is 10.9. The number of fused-ring (bicyclic) bond motifs is 1. The van der Waals surface area contributed by atoms with E-state index in [1.54, 1.807) is 12.1 Å². The van der Waals surface area contributed by atoms with Crippen LogP contribution in [0.4, 0.5) is 20.6 Å². The Morgan fingerprint density at radius 3 is 2.52 bits per heavy atom. The number of hydrogen-bond acceptors (Lipinski definition) is 2. The van der Waals surface area contributed by atoms with E-state index in [-0.39, 0.29) is 5.82 Å². The Kier molecular flexibility index (Phi) is 3.72. The van der Waals surface area contributed by atoms with Gasteiger partial charge in [0.05, 0.1) is 23.5 Å². The number of rotatable bonds is 2. The highest BCUT2D eigenvalue weighted by Gasteiger charge is 2.39. The Hall–Kier alpha value is -2.56. The van der Waals surface area contributed by atoms with Crippen molar-refractivity contribution < 1.29 is 9.18 Å². The topological polar surface area (TPSA) is 49.6 Å². The standard InChI is InChI=1S/C18H20FN3O/c1-18(2)12-21(17(20)23)15-10-6-9-14(19)16(15)22(18)11-13-7-4-3-5-8-13/h3-10H,11-12H2,1-2H3,(H2,20,23). The van der Waals surface area contributed by atoms with Gasteiger partial charge < -0.3 is 10.6 Å². The van der Waals surface area contributed by atoms with Crippen LogP contribution in [0.25, 0.3) is 0 Å². The predicted octanol–water partition coefficient (Wildman–Crippen LogP) is 3.51. The van der Waals surface area contributed by atoms with Gasteiger partial charge in [0.1, 0.15) is 5.82 Å². The van der Waals surface area contributed by atoms with Gasteiger partial charge in [-0.25, -0.2) is 9.18 Å². The van der Waals surface area contributed by atoms with Crippen LogP contribution in [-0.2, 0) is 6.54 Å². The molecular weight excluding hydrogens is 293 g/mol. The SMILES string of the molecule is CC1(C)CN(C(N)=O)c2cccc(F)c2N1Cc1ccccc1. The van der Waals surface area contributed by atoms with Crippen molar-refractivity contribution in [1.29, 1.82) is 0 Å². The maximum Gasteiger partial charge on any atom is 0.319 e. The number of carbonyl (C=O) groups excluding carboxylic acids is 1. The Balaban J connectivity index is 2.11. The molecule has 0 bridgehead atoms. The molecule has 2 N–H and O–H groups in total. The maximum atomic E-state index is 14.6. The number of hydrogen-bond donors (Lipinski definition) is 1. The second kappa shape index (κ2) is 5.57. The number of nitrogens with two attached hydrogens (primary N) is 1. The second-order valence-corrected chi connectivity index (χ2v) is 6.42. The summed E-state index contributed by atoms with van der Waals surface area (Å²) >= 11 is 0. The molecule has 1 aliphatic rings. The molecule has 5 heteroatoms. The van der Waals surface area contributed by atoms with Crippen LogP contribution < -0.4 is 15.5 Å². The third-order valence-electron chi connectivity index (χ3n) is 4.25. The average Bonchev–Trinajstić information content (AvgIpc) is 2.51. The lowest BCUT2D eigenvalue weighted by Crippen LogP contribution is -2.58. The first-order valence-electron chi connectivity index (χ1n) is 7.57. The molecule has 0 saturated heterocycles. The van der Waals surface area contributed by atoms with Crippen molar-refractivity contribution in [3.63, 3.8) is 0 Å². The predicted molar refractivity (Wildman–Crippen MR) is 90.0 cm³/mol. The van der Waals surface area contributed by atoms with E-state index in [1.807, 2.05) is 49.1 Å². The molecule has 0 aromatic heterocycles. The zero-order valence-corrected chi connectivity index (χ0v) is 13.3. The van der Waals surface area contributed by atoms with Gasteiger partial charge in [-0.2, -0.15) is 0 Å². The molecule has 2 aromatic rings. The minimum atomic E-state index is -0.565. The van der Waals surface area contributed by atoms with Gasteiger partial charge >= 0.3 is 6.03 Å². The number of anilines is 2. The summed E-state index contributed by atoms with van der Waals surface area (Å²) in [6, 6.07) is 14.1. The van der Waals surface area contributed by atoms with Gasteiger partial charge in [0, 0.05) is 6.54 Å². The van der Waals surface area contributed by atoms with Crippen LogP contribution in [0.5, 0.6) is 0 Å². The molecular formula is C18H20FN3O. The molecule has 23 heavy (non-hydrogen) atoms. The van der Waals surface area contributed by atoms with E-state index in [4.69, 9.17) is 5.73 Å². The molecule has 0 aliphatic carbocycles. The van der Waals surface area contributed by atoms with Crippen LogP contribution in [0.2, 0.25) is 0 Å². The van der Waals surface area contributed by atoms with E-state index in [9.17, 15) is 9.18 Å². The van der Waals surface area contributed by atoms with E-state index in [0.29, 0.717) is 24.5 Å². The third-order valence-corrected chi connectivity index (χ3v) is 4.25. The molecule has 1 aliphatic heterocycles. The van der Waals surface area contributed by atoms with Crippen molar-refractivity contribution in [2.45, 2.75) is 25.9 Å². The van der Waals surface area contributed by atoms with E-state index in [0.717, 1.165) is 5.56 Å². The quantitative estimate of drug-likeness (QED) is 0.922. The summed E-state index contributed by atoms with van der Waals surface area (Å²) in [5.74, 6) is -0.350. The number of halogens is 1. The maximum absolute atomic E-state index is 14.6. The summed E-state index contributed by atoms with van der Waals surface area (Å²) in [6.07, 6.45) is 0. The van der Waals surface area contributed by atoms with E-state index in [2.05, 4.69) is 0 Å². The minimum Gasteiger partial charge on any atom is -0.356 e. The van der Waals surface area contributed by atoms with Gasteiger partial charge in [-0.15, -0.1) is 0 Å². The zero-order chi connectivity index (χ0) is 16.6. The van der Waals surface area contributed by atoms with Gasteiger partial charge in [0.25, 0.3) is 0 Å². The number of carbonyl (C=O) groups is 1. The highest BCUT2D eigenvalue weighted by molar-refractivity contribution is 5.96. The molecule has 0 unspecified atom stereocenters. The number of benzene rings is 2. The molecule has 0 radical (unpaired) electrons. The van der Waals surface area contributed by atoms with Crippen LogP contribution in [0.1, 0.15) is 19.4 Å². The number of para-hydroxylation sites is 1. The van der Waals surface area contributed by atoms with E-state index >= 15 is 0 Å². The summed E-state index contributed by atoms with van der Waals surface area (Å²) in [6.45, 7) is 4.95. The minimum absolute atomic E-state index is 0.350. The largest absolute Gasteiger partial charge is 0.356 e. The lowest BCUT2D eigenvalue weighted by atomic mass is 9.95. The fourth-order valence-electron chi connectivity index (χ4n) is 3.10. The third kappa shape index (κ3) is 2.74. The average molecular weight is 313 g/mol. The van der Waals surface area contributed by atoms with Crippen LogP contribution >= 0.6 is 0 Å². The molecule has 0 spiro atoms. The van der Waals surface area contributed by atoms with Crippen molar-refractivity contribution >= 4 is 17.4 Å². The van der Waals surface area contributed by atoms with Crippen LogP contribution in [0, 0.1) is 5.82 Å². The van der Waals surface area contributed by atoms with Crippen molar-refractivity contribution in [1.82, 2.24) is 0 Å². The Labute approximate surface area is 135 Å². The smallest absolute Gasteiger partial charge is 0.319 e. The molecule has 1 heterocycles. The number of urea groups is 1. The van der Waals surface area contributed by atoms with Crippen molar-refractivity contribution in [3.8, 4) is 0 Å². The summed E-state index contributed by atoms with van der Waals surface area (Å²) < 4.78 is 14.6. The highest BCUT2D eigenvalue weighted by Crippen LogP contribution is 2.42. The highest BCUT2D eigenvalue weighted by atomic mass is 19.1. The lowest BCUT2D eigenvalue weighted by Gasteiger charge is -2.48. The van der Waals surface area contributed by atoms with Gasteiger partial charge in [-0.05, 0) is 31.5 Å². The molecule has 3 rings (SSSR count). The van der Waals surface area contributed by atoms with Crippen molar-refractivity contribution in [2.24, 2.45) is 5.73 Å². The monoisotopic (exact) mass is 313 g/mol. The number of amides is 2. The summed E-state index contributed by atoms with van der Waals surface area (Å²) in [7, 11) is 0. The molecule has 0 saturated carbocycles. The summed E-state index contributed by atoms with van der Waals surface area (Å²) in [5, 5.41) is 0. The van der Waals surface area contributed by atoms with E-state index < -0.39 is 11.6 Å². The van der Waals surface area contributed by atoms with Gasteiger partial charge in [0.2, 0.25) is 0 Å². The first kappa shape index (κ1) is 15.3. The molecule has 120 valence electrons. The fraction of sp³-hybridized carbons (Fsp3) is 0.278. The molecule has 0 atom stereocenters. The second-order valence-electron chi connectivity index (χ2n) is 6.42. The Bertz CT molecular complexity index is 730. The summed E-state index contributed by atoms with van der Waals surface area (Å²) in [4.78, 5) is 15.2. The number of nitrogens with zero attached hydrogens (tertiary/aromatic N) is 2. The fourth-order valence-corrected chi connectivity index (χ4v) is 3.10. The molecule has 0 fully saturated rings. The molecule has 2 aromatic carbocycles. The van der Waals surface area contributed by atoms with Crippen molar-refractivity contribution in [2.75, 3.05) is 16.3 Å². The first-order valence-corrected chi connectivity index (χ1v) is 7.57. The van der Waals surface area contributed by atoms with E-state index in [1.165, 1.54) is 11.0 Å².